The van der Waals surface area contributed by atoms with Crippen LogP contribution in [0.15, 0.2) is 48.5 Å². The second kappa shape index (κ2) is 11.2. The molecule has 2 fully saturated rings. The number of carbonyl (C=O) groups is 2. The number of fused-ring (bicyclic) bond motifs is 1. The van der Waals surface area contributed by atoms with Crippen molar-refractivity contribution in [2.45, 2.75) is 84.0 Å². The van der Waals surface area contributed by atoms with Crippen molar-refractivity contribution in [2.24, 2.45) is 11.8 Å². The van der Waals surface area contributed by atoms with Gasteiger partial charge in [-0.2, -0.15) is 0 Å². The van der Waals surface area contributed by atoms with E-state index in [2.05, 4.69) is 72.6 Å². The second-order valence-corrected chi connectivity index (χ2v) is 11.1. The van der Waals surface area contributed by atoms with Crippen LogP contribution in [0.2, 0.25) is 0 Å². The summed E-state index contributed by atoms with van der Waals surface area (Å²) in [6, 6.07) is 16.3. The first-order valence-electron chi connectivity index (χ1n) is 14.0. The van der Waals surface area contributed by atoms with Crippen LogP contribution < -0.4 is 5.32 Å². The Balaban J connectivity index is 1.38. The summed E-state index contributed by atoms with van der Waals surface area (Å²) in [6.45, 7) is 8.04. The Labute approximate surface area is 216 Å². The van der Waals surface area contributed by atoms with Gasteiger partial charge in [0.05, 0.1) is 0 Å². The third-order valence-electron chi connectivity index (χ3n) is 8.70. The first-order valence-corrected chi connectivity index (χ1v) is 14.0. The summed E-state index contributed by atoms with van der Waals surface area (Å²) in [4.78, 5) is 32.1. The van der Waals surface area contributed by atoms with E-state index in [0.717, 1.165) is 50.9 Å². The minimum absolute atomic E-state index is 0.0220. The minimum Gasteiger partial charge on any atom is -0.342 e. The van der Waals surface area contributed by atoms with Crippen LogP contribution in [0, 0.1) is 11.8 Å². The fraction of sp³-hybridized carbons (Fsp3) is 0.548. The van der Waals surface area contributed by atoms with Crippen molar-refractivity contribution < 1.29 is 9.59 Å². The molecule has 1 N–H and O–H groups in total. The van der Waals surface area contributed by atoms with Crippen molar-refractivity contribution in [2.75, 3.05) is 13.1 Å². The van der Waals surface area contributed by atoms with E-state index < -0.39 is 12.1 Å². The molecule has 0 bridgehead atoms. The van der Waals surface area contributed by atoms with Gasteiger partial charge in [-0.25, -0.2) is 0 Å². The molecule has 2 amide bonds. The van der Waals surface area contributed by atoms with Gasteiger partial charge in [0.2, 0.25) is 11.8 Å². The van der Waals surface area contributed by atoms with Crippen molar-refractivity contribution in [3.05, 3.63) is 70.8 Å². The molecule has 2 saturated heterocycles. The van der Waals surface area contributed by atoms with E-state index in [1.54, 1.807) is 0 Å². The Bertz CT molecular complexity index is 1050. The predicted octanol–water partition coefficient (Wildman–Crippen LogP) is 4.72. The molecule has 2 aromatic carbocycles. The van der Waals surface area contributed by atoms with Gasteiger partial charge in [-0.15, -0.1) is 0 Å². The summed E-state index contributed by atoms with van der Waals surface area (Å²) in [5.74, 6) is 0.390. The highest BCUT2D eigenvalue weighted by atomic mass is 16.2. The van der Waals surface area contributed by atoms with E-state index in [9.17, 15) is 9.59 Å². The van der Waals surface area contributed by atoms with Crippen LogP contribution in [-0.2, 0) is 35.5 Å². The Morgan fingerprint density at radius 1 is 0.861 bits per heavy atom. The molecule has 1 aliphatic carbocycles. The molecule has 0 aromatic heterocycles. The summed E-state index contributed by atoms with van der Waals surface area (Å²) in [5.41, 5.74) is 5.04. The summed E-state index contributed by atoms with van der Waals surface area (Å²) in [6.07, 6.45) is 7.35. The summed E-state index contributed by atoms with van der Waals surface area (Å²) in [5, 5.41) is 3.19. The maximum Gasteiger partial charge on any atom is 0.246 e. The lowest BCUT2D eigenvalue weighted by atomic mass is 9.86. The molecule has 0 saturated carbocycles. The van der Waals surface area contributed by atoms with Gasteiger partial charge in [0, 0.05) is 13.1 Å². The number of carbonyl (C=O) groups excluding carboxylic acids is 2. The molecule has 0 radical (unpaired) electrons. The highest BCUT2D eigenvalue weighted by molar-refractivity contribution is 5.97. The topological polar surface area (TPSA) is 52.7 Å². The summed E-state index contributed by atoms with van der Waals surface area (Å²) >= 11 is 0. The van der Waals surface area contributed by atoms with Crippen molar-refractivity contribution in [3.63, 3.8) is 0 Å². The highest BCUT2D eigenvalue weighted by Crippen LogP contribution is 2.33. The van der Waals surface area contributed by atoms with Crippen molar-refractivity contribution >= 4 is 11.8 Å². The van der Waals surface area contributed by atoms with Crippen LogP contribution in [0.5, 0.6) is 0 Å². The maximum atomic E-state index is 14.1. The van der Waals surface area contributed by atoms with Crippen LogP contribution in [0.25, 0.3) is 0 Å². The van der Waals surface area contributed by atoms with Crippen LogP contribution in [0.4, 0.5) is 0 Å². The molecule has 5 rings (SSSR count). The van der Waals surface area contributed by atoms with Crippen LogP contribution in [0.3, 0.4) is 0 Å². The van der Waals surface area contributed by atoms with Gasteiger partial charge in [0.1, 0.15) is 12.1 Å². The standard InChI is InChI=1S/C31H41N3O2/c1-3-24(4-2)29-30(35)32-28(27-18-25-13-6-7-14-26(25)19-27)31(36)34(29)21-23-12-10-11-22(17-23)20-33-15-8-5-9-16-33/h6-7,10-14,17,24,27-29H,3-5,8-9,15-16,18-21H2,1-2H3,(H,32,35)/t28-,29-/m1/s1. The van der Waals surface area contributed by atoms with Crippen molar-refractivity contribution in [1.82, 2.24) is 15.1 Å². The second-order valence-electron chi connectivity index (χ2n) is 11.1. The largest absolute Gasteiger partial charge is 0.342 e. The Hall–Kier alpha value is -2.66. The number of rotatable bonds is 8. The SMILES string of the molecule is CCC(CC)[C@@H]1C(=O)N[C@H](C2Cc3ccccc3C2)C(=O)N1Cc1cccc(CN2CCCCC2)c1. The zero-order valence-electron chi connectivity index (χ0n) is 21.9. The number of hydrogen-bond acceptors (Lipinski definition) is 3. The molecule has 2 aromatic rings. The fourth-order valence-corrected chi connectivity index (χ4v) is 6.68. The molecule has 36 heavy (non-hydrogen) atoms. The monoisotopic (exact) mass is 487 g/mol. The summed E-state index contributed by atoms with van der Waals surface area (Å²) in [7, 11) is 0. The number of likely N-dealkylation sites (tertiary alicyclic amines) is 1. The van der Waals surface area contributed by atoms with Crippen molar-refractivity contribution in [3.8, 4) is 0 Å². The van der Waals surface area contributed by atoms with Gasteiger partial charge >= 0.3 is 0 Å². The van der Waals surface area contributed by atoms with Crippen LogP contribution in [-0.4, -0.2) is 46.8 Å². The molecule has 5 nitrogen and oxygen atoms in total. The molecule has 0 unspecified atom stereocenters. The molecular formula is C31H41N3O2. The number of benzene rings is 2. The van der Waals surface area contributed by atoms with Gasteiger partial charge in [0.15, 0.2) is 0 Å². The van der Waals surface area contributed by atoms with E-state index >= 15 is 0 Å². The molecule has 2 heterocycles. The van der Waals surface area contributed by atoms with Crippen molar-refractivity contribution in [1.29, 1.82) is 0 Å². The quantitative estimate of drug-likeness (QED) is 0.586. The zero-order chi connectivity index (χ0) is 25.1. The number of hydrogen-bond donors (Lipinski definition) is 1. The predicted molar refractivity (Wildman–Crippen MR) is 143 cm³/mol. The Morgan fingerprint density at radius 2 is 1.50 bits per heavy atom. The average Bonchev–Trinajstić information content (AvgIpc) is 3.33. The number of amides is 2. The van der Waals surface area contributed by atoms with E-state index in [-0.39, 0.29) is 23.7 Å². The van der Waals surface area contributed by atoms with E-state index in [4.69, 9.17) is 0 Å². The Morgan fingerprint density at radius 3 is 2.14 bits per heavy atom. The average molecular weight is 488 g/mol. The molecule has 2 aliphatic heterocycles. The van der Waals surface area contributed by atoms with Crippen LogP contribution in [0.1, 0.15) is 68.2 Å². The van der Waals surface area contributed by atoms with E-state index in [1.807, 2.05) is 4.90 Å². The lowest BCUT2D eigenvalue weighted by Gasteiger charge is -2.43. The number of nitrogens with zero attached hydrogens (tertiary/aromatic N) is 2. The van der Waals surface area contributed by atoms with Crippen LogP contribution >= 0.6 is 0 Å². The highest BCUT2D eigenvalue weighted by Gasteiger charge is 2.46. The molecule has 192 valence electrons. The van der Waals surface area contributed by atoms with Gasteiger partial charge in [-0.05, 0) is 72.9 Å². The molecule has 0 spiro atoms. The molecular weight excluding hydrogens is 446 g/mol. The van der Waals surface area contributed by atoms with Gasteiger partial charge in [-0.1, -0.05) is 81.6 Å². The smallest absolute Gasteiger partial charge is 0.246 e. The van der Waals surface area contributed by atoms with E-state index in [1.165, 1.54) is 36.0 Å². The maximum absolute atomic E-state index is 14.1. The number of piperazine rings is 1. The van der Waals surface area contributed by atoms with Gasteiger partial charge in [0.25, 0.3) is 0 Å². The number of nitrogens with one attached hydrogen (secondary N) is 1. The lowest BCUT2D eigenvalue weighted by Crippen LogP contribution is -2.66. The first kappa shape index (κ1) is 25.0. The van der Waals surface area contributed by atoms with E-state index in [0.29, 0.717) is 6.54 Å². The first-order chi connectivity index (χ1) is 17.6. The lowest BCUT2D eigenvalue weighted by molar-refractivity contribution is -0.154. The molecule has 3 aliphatic rings. The molecule has 2 atom stereocenters. The fourth-order valence-electron chi connectivity index (χ4n) is 6.68. The number of piperidine rings is 1. The third-order valence-corrected chi connectivity index (χ3v) is 8.70. The normalized spacial score (nSPS) is 23.2. The zero-order valence-corrected chi connectivity index (χ0v) is 21.9. The third kappa shape index (κ3) is 5.22. The Kier molecular flexibility index (Phi) is 7.76. The summed E-state index contributed by atoms with van der Waals surface area (Å²) < 4.78 is 0. The van der Waals surface area contributed by atoms with Gasteiger partial charge < -0.3 is 10.2 Å². The minimum atomic E-state index is -0.452. The molecule has 5 heteroatoms. The van der Waals surface area contributed by atoms with Gasteiger partial charge in [-0.3, -0.25) is 14.5 Å².